The first-order chi connectivity index (χ1) is 8.34. The van der Waals surface area contributed by atoms with Gasteiger partial charge in [-0.3, -0.25) is 0 Å². The minimum Gasteiger partial charge on any atom is -0.377 e. The second kappa shape index (κ2) is 9.49. The second-order valence-electron chi connectivity index (χ2n) is 4.41. The number of hydrogen-bond donors (Lipinski definition) is 0. The van der Waals surface area contributed by atoms with E-state index in [0.29, 0.717) is 6.61 Å². The van der Waals surface area contributed by atoms with Gasteiger partial charge in [-0.15, -0.1) is 0 Å². The van der Waals surface area contributed by atoms with E-state index < -0.39 is 0 Å². The van der Waals surface area contributed by atoms with Crippen molar-refractivity contribution in [2.75, 3.05) is 6.61 Å². The second-order valence-corrected chi connectivity index (χ2v) is 4.82. The fraction of sp³-hybridized carbons (Fsp3) is 0.600. The quantitative estimate of drug-likeness (QED) is 0.549. The Morgan fingerprint density at radius 2 is 1.71 bits per heavy atom. The van der Waals surface area contributed by atoms with Crippen LogP contribution < -0.4 is 0 Å². The van der Waals surface area contributed by atoms with Gasteiger partial charge < -0.3 is 4.74 Å². The summed E-state index contributed by atoms with van der Waals surface area (Å²) in [6.07, 6.45) is 7.81. The maximum absolute atomic E-state index is 6.04. The predicted octanol–water partition coefficient (Wildman–Crippen LogP) is 5.22. The Kier molecular flexibility index (Phi) is 8.12. The van der Waals surface area contributed by atoms with Gasteiger partial charge in [0.1, 0.15) is 0 Å². The molecule has 17 heavy (non-hydrogen) atoms. The number of ether oxygens (including phenoxy) is 1. The van der Waals surface area contributed by atoms with Crippen LogP contribution in [0.1, 0.15) is 51.0 Å². The molecule has 1 nitrogen and oxygen atoms in total. The molecule has 0 aliphatic rings. The molecule has 0 N–H and O–H groups in total. The van der Waals surface area contributed by atoms with E-state index in [9.17, 15) is 0 Å². The first-order valence-corrected chi connectivity index (χ1v) is 7.03. The normalized spacial score (nSPS) is 10.7. The predicted molar refractivity (Wildman–Crippen MR) is 74.5 cm³/mol. The van der Waals surface area contributed by atoms with Gasteiger partial charge in [-0.05, 0) is 18.1 Å². The van der Waals surface area contributed by atoms with E-state index in [1.54, 1.807) is 0 Å². The molecule has 0 fully saturated rings. The summed E-state index contributed by atoms with van der Waals surface area (Å²) in [5.74, 6) is 0. The number of unbranched alkanes of at least 4 members (excludes halogenated alkanes) is 5. The molecule has 0 amide bonds. The summed E-state index contributed by atoms with van der Waals surface area (Å²) in [5.41, 5.74) is 1.08. The summed E-state index contributed by atoms with van der Waals surface area (Å²) < 4.78 is 5.62. The summed E-state index contributed by atoms with van der Waals surface area (Å²) in [6.45, 7) is 3.72. The van der Waals surface area contributed by atoms with Crippen LogP contribution in [0.5, 0.6) is 0 Å². The van der Waals surface area contributed by atoms with Crippen molar-refractivity contribution in [2.45, 2.75) is 52.1 Å². The van der Waals surface area contributed by atoms with Crippen molar-refractivity contribution in [3.05, 3.63) is 34.9 Å². The Morgan fingerprint density at radius 3 is 2.47 bits per heavy atom. The van der Waals surface area contributed by atoms with Gasteiger partial charge in [-0.25, -0.2) is 0 Å². The third-order valence-electron chi connectivity index (χ3n) is 2.86. The van der Waals surface area contributed by atoms with Gasteiger partial charge in [0.15, 0.2) is 0 Å². The highest BCUT2D eigenvalue weighted by Gasteiger charge is 1.98. The Bertz CT molecular complexity index is 299. The highest BCUT2D eigenvalue weighted by molar-refractivity contribution is 6.31. The lowest BCUT2D eigenvalue weighted by Gasteiger charge is -2.06. The first kappa shape index (κ1) is 14.5. The molecule has 0 bridgehead atoms. The maximum atomic E-state index is 6.04. The Morgan fingerprint density at radius 1 is 1.00 bits per heavy atom. The molecule has 1 aromatic carbocycles. The average Bonchev–Trinajstić information content (AvgIpc) is 2.35. The van der Waals surface area contributed by atoms with Crippen LogP contribution in [-0.2, 0) is 11.3 Å². The topological polar surface area (TPSA) is 9.23 Å². The molecule has 0 aromatic heterocycles. The Labute approximate surface area is 110 Å². The highest BCUT2D eigenvalue weighted by atomic mass is 35.5. The molecule has 96 valence electrons. The van der Waals surface area contributed by atoms with E-state index in [1.165, 1.54) is 32.1 Å². The standard InChI is InChI=1S/C15H23ClO/c1-2-3-4-5-6-9-12-17-13-14-10-7-8-11-15(14)16/h7-8,10-11H,2-6,9,12-13H2,1H3. The fourth-order valence-corrected chi connectivity index (χ4v) is 1.97. The Balaban J connectivity index is 1.99. The van der Waals surface area contributed by atoms with Crippen molar-refractivity contribution in [3.63, 3.8) is 0 Å². The number of hydrogen-bond acceptors (Lipinski definition) is 1. The number of halogens is 1. The zero-order chi connectivity index (χ0) is 12.3. The largest absolute Gasteiger partial charge is 0.377 e. The van der Waals surface area contributed by atoms with Gasteiger partial charge in [0.25, 0.3) is 0 Å². The van der Waals surface area contributed by atoms with E-state index in [2.05, 4.69) is 6.92 Å². The summed E-state index contributed by atoms with van der Waals surface area (Å²) in [5, 5.41) is 0.801. The maximum Gasteiger partial charge on any atom is 0.0731 e. The van der Waals surface area contributed by atoms with Crippen LogP contribution in [0.15, 0.2) is 24.3 Å². The van der Waals surface area contributed by atoms with Crippen molar-refractivity contribution in [2.24, 2.45) is 0 Å². The van der Waals surface area contributed by atoms with E-state index >= 15 is 0 Å². The van der Waals surface area contributed by atoms with Crippen LogP contribution in [0, 0.1) is 0 Å². The van der Waals surface area contributed by atoms with E-state index in [4.69, 9.17) is 16.3 Å². The SMILES string of the molecule is CCCCCCCCOCc1ccccc1Cl. The molecule has 0 aliphatic heterocycles. The molecule has 0 unspecified atom stereocenters. The van der Waals surface area contributed by atoms with Gasteiger partial charge in [0.05, 0.1) is 6.61 Å². The minimum atomic E-state index is 0.634. The van der Waals surface area contributed by atoms with Gasteiger partial charge in [0, 0.05) is 11.6 Å². The lowest BCUT2D eigenvalue weighted by atomic mass is 10.1. The van der Waals surface area contributed by atoms with Crippen LogP contribution in [0.4, 0.5) is 0 Å². The molecule has 1 rings (SSSR count). The molecule has 0 spiro atoms. The molecule has 0 heterocycles. The van der Waals surface area contributed by atoms with Crippen molar-refractivity contribution < 1.29 is 4.74 Å². The van der Waals surface area contributed by atoms with Crippen molar-refractivity contribution in [1.82, 2.24) is 0 Å². The zero-order valence-electron chi connectivity index (χ0n) is 10.8. The third-order valence-corrected chi connectivity index (χ3v) is 3.23. The molecule has 2 heteroatoms. The summed E-state index contributed by atoms with van der Waals surface area (Å²) in [7, 11) is 0. The zero-order valence-corrected chi connectivity index (χ0v) is 11.5. The smallest absolute Gasteiger partial charge is 0.0731 e. The van der Waals surface area contributed by atoms with Crippen LogP contribution in [0.25, 0.3) is 0 Å². The molecule has 0 aliphatic carbocycles. The van der Waals surface area contributed by atoms with Gasteiger partial charge in [0.2, 0.25) is 0 Å². The van der Waals surface area contributed by atoms with Gasteiger partial charge in [-0.1, -0.05) is 68.8 Å². The van der Waals surface area contributed by atoms with E-state index in [-0.39, 0.29) is 0 Å². The van der Waals surface area contributed by atoms with Gasteiger partial charge >= 0.3 is 0 Å². The van der Waals surface area contributed by atoms with Crippen molar-refractivity contribution in [3.8, 4) is 0 Å². The van der Waals surface area contributed by atoms with Crippen LogP contribution >= 0.6 is 11.6 Å². The van der Waals surface area contributed by atoms with Crippen molar-refractivity contribution in [1.29, 1.82) is 0 Å². The molecular weight excluding hydrogens is 232 g/mol. The summed E-state index contributed by atoms with van der Waals surface area (Å²) in [4.78, 5) is 0. The summed E-state index contributed by atoms with van der Waals surface area (Å²) in [6, 6.07) is 7.86. The number of rotatable bonds is 9. The molecule has 0 atom stereocenters. The molecule has 0 saturated carbocycles. The minimum absolute atomic E-state index is 0.634. The number of benzene rings is 1. The molecule has 1 aromatic rings. The lowest BCUT2D eigenvalue weighted by Crippen LogP contribution is -1.96. The highest BCUT2D eigenvalue weighted by Crippen LogP contribution is 2.15. The van der Waals surface area contributed by atoms with E-state index in [1.807, 2.05) is 24.3 Å². The van der Waals surface area contributed by atoms with Crippen LogP contribution in [0.2, 0.25) is 5.02 Å². The Hall–Kier alpha value is -0.530. The molecule has 0 saturated heterocycles. The van der Waals surface area contributed by atoms with E-state index in [0.717, 1.165) is 23.6 Å². The van der Waals surface area contributed by atoms with Crippen LogP contribution in [0.3, 0.4) is 0 Å². The third kappa shape index (κ3) is 6.70. The fourth-order valence-electron chi connectivity index (χ4n) is 1.78. The van der Waals surface area contributed by atoms with Crippen LogP contribution in [-0.4, -0.2) is 6.61 Å². The lowest BCUT2D eigenvalue weighted by molar-refractivity contribution is 0.117. The average molecular weight is 255 g/mol. The first-order valence-electron chi connectivity index (χ1n) is 6.65. The summed E-state index contributed by atoms with van der Waals surface area (Å²) >= 11 is 6.04. The molecular formula is C15H23ClO. The van der Waals surface area contributed by atoms with Crippen molar-refractivity contribution >= 4 is 11.6 Å². The van der Waals surface area contributed by atoms with Gasteiger partial charge in [-0.2, -0.15) is 0 Å². The monoisotopic (exact) mass is 254 g/mol. The molecule has 0 radical (unpaired) electrons.